The Labute approximate surface area is 148 Å². The number of ether oxygens (including phenoxy) is 3. The summed E-state index contributed by atoms with van der Waals surface area (Å²) in [6, 6.07) is 10.5. The van der Waals surface area contributed by atoms with Crippen LogP contribution in [0.1, 0.15) is 0 Å². The predicted octanol–water partition coefficient (Wildman–Crippen LogP) is 2.66. The molecule has 0 unspecified atom stereocenters. The molecule has 0 spiro atoms. The molecule has 0 radical (unpaired) electrons. The fraction of sp³-hybridized carbons (Fsp3) is 0.167. The summed E-state index contributed by atoms with van der Waals surface area (Å²) in [4.78, 5) is 12.5. The zero-order valence-electron chi connectivity index (χ0n) is 13.5. The molecule has 1 N–H and O–H groups in total. The van der Waals surface area contributed by atoms with Crippen LogP contribution in [0.4, 0.5) is 0 Å². The summed E-state index contributed by atoms with van der Waals surface area (Å²) in [5.74, 6) is 1.79. The maximum absolute atomic E-state index is 12.5. The molecule has 124 valence electrons. The van der Waals surface area contributed by atoms with Gasteiger partial charge in [0.05, 0.1) is 0 Å². The van der Waals surface area contributed by atoms with E-state index in [0.717, 1.165) is 12.5 Å². The van der Waals surface area contributed by atoms with Gasteiger partial charge in [0.2, 0.25) is 0 Å². The molecule has 0 amide bonds. The summed E-state index contributed by atoms with van der Waals surface area (Å²) >= 11 is -0.856. The molecule has 0 bridgehead atoms. The molecular formula is C18H16O5Te. The van der Waals surface area contributed by atoms with Gasteiger partial charge < -0.3 is 0 Å². The zero-order chi connectivity index (χ0) is 17.3. The number of hydrogen-bond acceptors (Lipinski definition) is 5. The van der Waals surface area contributed by atoms with Crippen molar-refractivity contribution in [3.63, 3.8) is 0 Å². The van der Waals surface area contributed by atoms with Crippen LogP contribution < -0.4 is 19.6 Å². The van der Waals surface area contributed by atoms with Gasteiger partial charge in [-0.2, -0.15) is 0 Å². The third-order valence-corrected chi connectivity index (χ3v) is 6.87. The van der Waals surface area contributed by atoms with Gasteiger partial charge in [0.15, 0.2) is 0 Å². The number of phenolic OH excluding ortho intramolecular Hbond substituents is 1. The maximum atomic E-state index is 12.5. The molecule has 0 aliphatic rings. The summed E-state index contributed by atoms with van der Waals surface area (Å²) in [6.45, 7) is 0. The van der Waals surface area contributed by atoms with Crippen LogP contribution in [0.5, 0.6) is 23.0 Å². The average Bonchev–Trinajstić information content (AvgIpc) is 2.60. The molecule has 0 aliphatic heterocycles. The molecule has 24 heavy (non-hydrogen) atoms. The molecule has 6 heteroatoms. The van der Waals surface area contributed by atoms with Gasteiger partial charge in [-0.15, -0.1) is 0 Å². The van der Waals surface area contributed by atoms with Gasteiger partial charge in [-0.1, -0.05) is 0 Å². The van der Waals surface area contributed by atoms with Crippen LogP contribution in [-0.2, 0) is 0 Å². The fourth-order valence-electron chi connectivity index (χ4n) is 2.49. The van der Waals surface area contributed by atoms with Crippen LogP contribution in [0.15, 0.2) is 41.2 Å². The number of methoxy groups -OCH3 is 3. The predicted molar refractivity (Wildman–Crippen MR) is 93.9 cm³/mol. The van der Waals surface area contributed by atoms with Crippen LogP contribution >= 0.6 is 0 Å². The van der Waals surface area contributed by atoms with Gasteiger partial charge in [0, 0.05) is 0 Å². The van der Waals surface area contributed by atoms with Crippen molar-refractivity contribution in [2.24, 2.45) is 0 Å². The van der Waals surface area contributed by atoms with Crippen molar-refractivity contribution in [3.05, 3.63) is 46.6 Å². The number of aromatic hydroxyl groups is 1. The summed E-state index contributed by atoms with van der Waals surface area (Å²) in [7, 11) is 4.70. The first-order valence-electron chi connectivity index (χ1n) is 7.14. The molecule has 0 aliphatic carbocycles. The van der Waals surface area contributed by atoms with Crippen molar-refractivity contribution < 1.29 is 19.3 Å². The Morgan fingerprint density at radius 2 is 1.67 bits per heavy atom. The Morgan fingerprint density at radius 3 is 2.33 bits per heavy atom. The van der Waals surface area contributed by atoms with E-state index < -0.39 is 20.4 Å². The van der Waals surface area contributed by atoms with Crippen molar-refractivity contribution in [1.82, 2.24) is 0 Å². The second kappa shape index (κ2) is 6.76. The van der Waals surface area contributed by atoms with Gasteiger partial charge in [0.1, 0.15) is 0 Å². The van der Waals surface area contributed by atoms with E-state index in [1.54, 1.807) is 20.3 Å². The molecule has 3 aromatic rings. The fourth-order valence-corrected chi connectivity index (χ4v) is 5.72. The minimum atomic E-state index is -0.856. The number of hydrogen-bond donors (Lipinski definition) is 1. The van der Waals surface area contributed by atoms with E-state index in [1.165, 1.54) is 13.2 Å². The topological polar surface area (TPSA) is 65.0 Å². The Kier molecular flexibility index (Phi) is 4.70. The van der Waals surface area contributed by atoms with E-state index in [9.17, 15) is 9.90 Å². The Bertz CT molecular complexity index is 962. The summed E-state index contributed by atoms with van der Waals surface area (Å²) in [5.41, 5.74) is 0.739. The molecule has 0 saturated carbocycles. The summed E-state index contributed by atoms with van der Waals surface area (Å²) in [5, 5.41) is 10.5. The van der Waals surface area contributed by atoms with Gasteiger partial charge in [-0.05, 0) is 0 Å². The van der Waals surface area contributed by atoms with Crippen molar-refractivity contribution in [2.75, 3.05) is 21.3 Å². The molecule has 5 nitrogen and oxygen atoms in total. The van der Waals surface area contributed by atoms with Gasteiger partial charge in [-0.3, -0.25) is 0 Å². The van der Waals surface area contributed by atoms with E-state index in [4.69, 9.17) is 14.2 Å². The monoisotopic (exact) mass is 442 g/mol. The summed E-state index contributed by atoms with van der Waals surface area (Å²) in [6.07, 6.45) is 0. The normalized spacial score (nSPS) is 10.6. The molecule has 1 aromatic heterocycles. The van der Waals surface area contributed by atoms with E-state index in [1.807, 2.05) is 24.3 Å². The molecule has 1 heterocycles. The first-order valence-corrected chi connectivity index (χ1v) is 9.47. The first kappa shape index (κ1) is 16.7. The zero-order valence-corrected chi connectivity index (χ0v) is 15.8. The molecule has 0 fully saturated rings. The van der Waals surface area contributed by atoms with Crippen LogP contribution in [0, 0.1) is 0 Å². The van der Waals surface area contributed by atoms with Crippen LogP contribution in [-0.4, -0.2) is 46.9 Å². The third kappa shape index (κ3) is 2.95. The first-order chi connectivity index (χ1) is 11.6. The third-order valence-electron chi connectivity index (χ3n) is 3.69. The van der Waals surface area contributed by atoms with Gasteiger partial charge >= 0.3 is 149 Å². The summed E-state index contributed by atoms with van der Waals surface area (Å²) < 4.78 is 17.6. The number of fused-ring (bicyclic) bond motifs is 1. The Hall–Kier alpha value is -2.16. The number of benzene rings is 2. The van der Waals surface area contributed by atoms with Crippen LogP contribution in [0.3, 0.4) is 0 Å². The van der Waals surface area contributed by atoms with Gasteiger partial charge in [-0.25, -0.2) is 0 Å². The van der Waals surface area contributed by atoms with Gasteiger partial charge in [0.25, 0.3) is 0 Å². The van der Waals surface area contributed by atoms with E-state index >= 15 is 0 Å². The number of rotatable bonds is 4. The van der Waals surface area contributed by atoms with Crippen molar-refractivity contribution in [3.8, 4) is 32.1 Å². The molecule has 2 aromatic carbocycles. The Balaban J connectivity index is 2.22. The van der Waals surface area contributed by atoms with Crippen molar-refractivity contribution >= 4 is 29.2 Å². The van der Waals surface area contributed by atoms with Crippen LogP contribution in [0.25, 0.3) is 17.9 Å². The molecule has 3 rings (SSSR count). The number of phenols is 1. The standard InChI is InChI=1S/C18H16O5Te/c1-21-11-7-12(19)18-13(20)9-16(24-17(18)8-11)10-4-5-14(22-2)15(6-10)23-3/h4-9,19H,1-3H3. The molecule has 0 atom stereocenters. The molecule has 0 saturated heterocycles. The second-order valence-corrected chi connectivity index (χ2v) is 8.16. The van der Waals surface area contributed by atoms with Crippen molar-refractivity contribution in [2.45, 2.75) is 0 Å². The van der Waals surface area contributed by atoms with Crippen molar-refractivity contribution in [1.29, 1.82) is 0 Å². The minimum absolute atomic E-state index is 0.0259. The second-order valence-electron chi connectivity index (χ2n) is 5.06. The Morgan fingerprint density at radius 1 is 0.917 bits per heavy atom. The van der Waals surface area contributed by atoms with E-state index in [-0.39, 0.29) is 11.2 Å². The average molecular weight is 440 g/mol. The SMILES string of the molecule is COc1cc(O)c2c(=O)cc(-c3ccc(OC)c(OC)c3)[te]c2c1. The van der Waals surface area contributed by atoms with E-state index in [2.05, 4.69) is 0 Å². The quantitative estimate of drug-likeness (QED) is 0.633. The van der Waals surface area contributed by atoms with E-state index in [0.29, 0.717) is 22.6 Å². The van der Waals surface area contributed by atoms with Crippen LogP contribution in [0.2, 0.25) is 0 Å². The molecular weight excluding hydrogens is 424 g/mol.